The predicted octanol–water partition coefficient (Wildman–Crippen LogP) is 2.97. The number of aromatic nitrogens is 2. The molecule has 1 aromatic carbocycles. The number of benzene rings is 1. The van der Waals surface area contributed by atoms with Crippen molar-refractivity contribution in [3.63, 3.8) is 0 Å². The second kappa shape index (κ2) is 4.97. The first-order valence-corrected chi connectivity index (χ1v) is 6.24. The number of ether oxygens (including phenoxy) is 1. The van der Waals surface area contributed by atoms with E-state index in [4.69, 9.17) is 10.5 Å². The number of aryl methyl sites for hydroxylation is 1. The fourth-order valence-electron chi connectivity index (χ4n) is 1.62. The van der Waals surface area contributed by atoms with Gasteiger partial charge in [0.05, 0.1) is 11.1 Å². The molecule has 1 heterocycles. The van der Waals surface area contributed by atoms with Crippen molar-refractivity contribution in [1.29, 1.82) is 0 Å². The predicted molar refractivity (Wildman–Crippen MR) is 71.9 cm³/mol. The van der Waals surface area contributed by atoms with E-state index in [0.717, 1.165) is 0 Å². The first-order chi connectivity index (χ1) is 8.54. The Kier molecular flexibility index (Phi) is 3.56. The zero-order valence-electron chi connectivity index (χ0n) is 10.1. The van der Waals surface area contributed by atoms with Crippen LogP contribution >= 0.6 is 15.9 Å². The lowest BCUT2D eigenvalue weighted by atomic mass is 10.1. The van der Waals surface area contributed by atoms with Gasteiger partial charge < -0.3 is 10.5 Å². The standard InChI is InChI=1S/C12H13BrFN3O/c1-3-18-9-5-4-7(6-8(9)14)11-10(13)12(15)17(2)16-11/h4-6H,3,15H2,1-2H3. The fraction of sp³-hybridized carbons (Fsp3) is 0.250. The van der Waals surface area contributed by atoms with Gasteiger partial charge in [0.25, 0.3) is 0 Å². The highest BCUT2D eigenvalue weighted by Crippen LogP contribution is 2.33. The molecule has 0 saturated heterocycles. The Hall–Kier alpha value is -1.56. The van der Waals surface area contributed by atoms with Crippen LogP contribution in [0.5, 0.6) is 5.75 Å². The van der Waals surface area contributed by atoms with Crippen LogP contribution in [-0.2, 0) is 7.05 Å². The number of nitrogen functional groups attached to an aromatic ring is 1. The van der Waals surface area contributed by atoms with Gasteiger partial charge in [-0.2, -0.15) is 5.10 Å². The van der Waals surface area contributed by atoms with E-state index < -0.39 is 5.82 Å². The minimum absolute atomic E-state index is 0.237. The molecule has 0 aliphatic rings. The zero-order valence-corrected chi connectivity index (χ0v) is 11.7. The highest BCUT2D eigenvalue weighted by molar-refractivity contribution is 9.10. The van der Waals surface area contributed by atoms with Gasteiger partial charge in [-0.3, -0.25) is 4.68 Å². The average Bonchev–Trinajstić information content (AvgIpc) is 2.60. The maximum absolute atomic E-state index is 13.8. The van der Waals surface area contributed by atoms with Crippen molar-refractivity contribution in [2.75, 3.05) is 12.3 Å². The van der Waals surface area contributed by atoms with Crippen LogP contribution in [0.15, 0.2) is 22.7 Å². The summed E-state index contributed by atoms with van der Waals surface area (Å²) < 4.78 is 21.1. The lowest BCUT2D eigenvalue weighted by Crippen LogP contribution is -1.97. The molecule has 6 heteroatoms. The molecule has 18 heavy (non-hydrogen) atoms. The van der Waals surface area contributed by atoms with E-state index in [0.29, 0.717) is 28.2 Å². The number of nitrogens with zero attached hydrogens (tertiary/aromatic N) is 2. The van der Waals surface area contributed by atoms with Gasteiger partial charge in [-0.15, -0.1) is 0 Å². The van der Waals surface area contributed by atoms with E-state index in [1.807, 2.05) is 6.92 Å². The molecule has 0 aliphatic heterocycles. The Morgan fingerprint density at radius 3 is 2.72 bits per heavy atom. The summed E-state index contributed by atoms with van der Waals surface area (Å²) in [5.41, 5.74) is 7.05. The summed E-state index contributed by atoms with van der Waals surface area (Å²) in [4.78, 5) is 0. The van der Waals surface area contributed by atoms with E-state index in [1.54, 1.807) is 19.2 Å². The van der Waals surface area contributed by atoms with Crippen molar-refractivity contribution >= 4 is 21.7 Å². The summed E-state index contributed by atoms with van der Waals surface area (Å²) in [6, 6.07) is 4.73. The van der Waals surface area contributed by atoms with Crippen LogP contribution in [0.2, 0.25) is 0 Å². The van der Waals surface area contributed by atoms with Crippen LogP contribution in [-0.4, -0.2) is 16.4 Å². The molecule has 0 bridgehead atoms. The minimum Gasteiger partial charge on any atom is -0.491 e. The van der Waals surface area contributed by atoms with E-state index in [2.05, 4.69) is 21.0 Å². The molecule has 2 N–H and O–H groups in total. The maximum atomic E-state index is 13.8. The molecular formula is C12H13BrFN3O. The van der Waals surface area contributed by atoms with Crippen LogP contribution in [0.25, 0.3) is 11.3 Å². The largest absolute Gasteiger partial charge is 0.491 e. The molecule has 1 aromatic heterocycles. The third-order valence-corrected chi connectivity index (χ3v) is 3.32. The highest BCUT2D eigenvalue weighted by Gasteiger charge is 2.14. The van der Waals surface area contributed by atoms with E-state index in [-0.39, 0.29) is 5.75 Å². The van der Waals surface area contributed by atoms with Crippen LogP contribution in [0.1, 0.15) is 6.92 Å². The molecule has 96 valence electrons. The first-order valence-electron chi connectivity index (χ1n) is 5.45. The summed E-state index contributed by atoms with van der Waals surface area (Å²) in [6.07, 6.45) is 0. The van der Waals surface area contributed by atoms with Crippen molar-refractivity contribution in [3.8, 4) is 17.0 Å². The van der Waals surface area contributed by atoms with E-state index in [1.165, 1.54) is 10.7 Å². The zero-order chi connectivity index (χ0) is 13.3. The van der Waals surface area contributed by atoms with Crippen LogP contribution in [0, 0.1) is 5.82 Å². The lowest BCUT2D eigenvalue weighted by Gasteiger charge is -2.05. The molecule has 0 aliphatic carbocycles. The number of hydrogen-bond acceptors (Lipinski definition) is 3. The molecule has 0 atom stereocenters. The molecule has 2 aromatic rings. The molecule has 4 nitrogen and oxygen atoms in total. The van der Waals surface area contributed by atoms with Gasteiger partial charge in [0, 0.05) is 12.6 Å². The SMILES string of the molecule is CCOc1ccc(-c2nn(C)c(N)c2Br)cc1F. The van der Waals surface area contributed by atoms with Gasteiger partial charge >= 0.3 is 0 Å². The third-order valence-electron chi connectivity index (χ3n) is 2.54. The van der Waals surface area contributed by atoms with Crippen molar-refractivity contribution in [1.82, 2.24) is 9.78 Å². The summed E-state index contributed by atoms with van der Waals surface area (Å²) in [5, 5.41) is 4.23. The van der Waals surface area contributed by atoms with Crippen LogP contribution in [0.3, 0.4) is 0 Å². The minimum atomic E-state index is -0.412. The summed E-state index contributed by atoms with van der Waals surface area (Å²) in [7, 11) is 1.73. The quantitative estimate of drug-likeness (QED) is 0.947. The molecule has 0 radical (unpaired) electrons. The molecule has 0 unspecified atom stereocenters. The number of nitrogens with two attached hydrogens (primary N) is 1. The Balaban J connectivity index is 2.45. The van der Waals surface area contributed by atoms with Gasteiger partial charge in [0.15, 0.2) is 11.6 Å². The van der Waals surface area contributed by atoms with E-state index >= 15 is 0 Å². The van der Waals surface area contributed by atoms with Crippen molar-refractivity contribution in [2.24, 2.45) is 7.05 Å². The second-order valence-corrected chi connectivity index (χ2v) is 4.54. The van der Waals surface area contributed by atoms with Crippen LogP contribution < -0.4 is 10.5 Å². The Morgan fingerprint density at radius 1 is 1.50 bits per heavy atom. The van der Waals surface area contributed by atoms with Gasteiger partial charge in [0.2, 0.25) is 0 Å². The summed E-state index contributed by atoms with van der Waals surface area (Å²) in [6.45, 7) is 2.24. The molecule has 0 spiro atoms. The summed E-state index contributed by atoms with van der Waals surface area (Å²) >= 11 is 3.35. The van der Waals surface area contributed by atoms with Crippen molar-refractivity contribution < 1.29 is 9.13 Å². The van der Waals surface area contributed by atoms with Crippen molar-refractivity contribution in [3.05, 3.63) is 28.5 Å². The third kappa shape index (κ3) is 2.20. The second-order valence-electron chi connectivity index (χ2n) is 3.75. The highest BCUT2D eigenvalue weighted by atomic mass is 79.9. The van der Waals surface area contributed by atoms with Gasteiger partial charge in [0.1, 0.15) is 11.5 Å². The lowest BCUT2D eigenvalue weighted by molar-refractivity contribution is 0.321. The number of anilines is 1. The average molecular weight is 314 g/mol. The Morgan fingerprint density at radius 2 is 2.22 bits per heavy atom. The van der Waals surface area contributed by atoms with Crippen LogP contribution in [0.4, 0.5) is 10.2 Å². The van der Waals surface area contributed by atoms with Gasteiger partial charge in [-0.05, 0) is 41.1 Å². The fourth-order valence-corrected chi connectivity index (χ4v) is 2.18. The van der Waals surface area contributed by atoms with E-state index in [9.17, 15) is 4.39 Å². The first kappa shape index (κ1) is 12.9. The molecule has 2 rings (SSSR count). The Labute approximate surface area is 113 Å². The van der Waals surface area contributed by atoms with Crippen molar-refractivity contribution in [2.45, 2.75) is 6.92 Å². The topological polar surface area (TPSA) is 53.1 Å². The smallest absolute Gasteiger partial charge is 0.165 e. The number of halogens is 2. The maximum Gasteiger partial charge on any atom is 0.165 e. The molecular weight excluding hydrogens is 301 g/mol. The monoisotopic (exact) mass is 313 g/mol. The van der Waals surface area contributed by atoms with Gasteiger partial charge in [-0.1, -0.05) is 0 Å². The molecule has 0 saturated carbocycles. The van der Waals surface area contributed by atoms with Gasteiger partial charge in [-0.25, -0.2) is 4.39 Å². The number of hydrogen-bond donors (Lipinski definition) is 1. The molecule has 0 fully saturated rings. The molecule has 0 amide bonds. The normalized spacial score (nSPS) is 10.7. The number of rotatable bonds is 3. The summed E-state index contributed by atoms with van der Waals surface area (Å²) in [5.74, 6) is 0.325. The Bertz CT molecular complexity index is 583.